The number of carbonyl (C=O) groups excluding carboxylic acids is 2. The SMILES string of the molecule is NC(=O)c1cccc(NCC(=O)Nc2cccc(OCC3CCCO3)c2)c1. The lowest BCUT2D eigenvalue weighted by molar-refractivity contribution is -0.114. The average Bonchev–Trinajstić information content (AvgIpc) is 3.19. The van der Waals surface area contributed by atoms with E-state index in [4.69, 9.17) is 15.2 Å². The number of carbonyl (C=O) groups is 2. The van der Waals surface area contributed by atoms with E-state index in [-0.39, 0.29) is 18.6 Å². The molecule has 7 nitrogen and oxygen atoms in total. The van der Waals surface area contributed by atoms with Crippen LogP contribution in [0.5, 0.6) is 5.75 Å². The van der Waals surface area contributed by atoms with Gasteiger partial charge < -0.3 is 25.8 Å². The fraction of sp³-hybridized carbons (Fsp3) is 0.300. The minimum atomic E-state index is -0.511. The van der Waals surface area contributed by atoms with E-state index in [0.717, 1.165) is 19.4 Å². The highest BCUT2D eigenvalue weighted by atomic mass is 16.5. The van der Waals surface area contributed by atoms with Crippen LogP contribution in [0.15, 0.2) is 48.5 Å². The van der Waals surface area contributed by atoms with Crippen LogP contribution < -0.4 is 21.1 Å². The summed E-state index contributed by atoms with van der Waals surface area (Å²) >= 11 is 0. The highest BCUT2D eigenvalue weighted by molar-refractivity contribution is 5.95. The molecule has 0 spiro atoms. The number of nitrogens with two attached hydrogens (primary N) is 1. The molecule has 3 rings (SSSR count). The summed E-state index contributed by atoms with van der Waals surface area (Å²) in [7, 11) is 0. The number of ether oxygens (including phenoxy) is 2. The van der Waals surface area contributed by atoms with Crippen LogP contribution in [0, 0.1) is 0 Å². The monoisotopic (exact) mass is 369 g/mol. The lowest BCUT2D eigenvalue weighted by Crippen LogP contribution is -2.22. The van der Waals surface area contributed by atoms with Crippen molar-refractivity contribution in [1.82, 2.24) is 0 Å². The normalized spacial score (nSPS) is 15.9. The van der Waals surface area contributed by atoms with Crippen LogP contribution in [-0.4, -0.2) is 37.7 Å². The first-order valence-electron chi connectivity index (χ1n) is 8.88. The maximum atomic E-state index is 12.2. The zero-order chi connectivity index (χ0) is 19.1. The minimum Gasteiger partial charge on any atom is -0.491 e. The van der Waals surface area contributed by atoms with Gasteiger partial charge in [0.05, 0.1) is 12.6 Å². The quantitative estimate of drug-likeness (QED) is 0.663. The van der Waals surface area contributed by atoms with Gasteiger partial charge >= 0.3 is 0 Å². The van der Waals surface area contributed by atoms with Crippen LogP contribution in [0.4, 0.5) is 11.4 Å². The summed E-state index contributed by atoms with van der Waals surface area (Å²) in [5, 5.41) is 5.78. The van der Waals surface area contributed by atoms with E-state index in [2.05, 4.69) is 10.6 Å². The zero-order valence-electron chi connectivity index (χ0n) is 14.9. The Balaban J connectivity index is 1.49. The molecule has 1 atom stereocenters. The number of amides is 2. The predicted molar refractivity (Wildman–Crippen MR) is 103 cm³/mol. The van der Waals surface area contributed by atoms with Gasteiger partial charge in [-0.25, -0.2) is 0 Å². The summed E-state index contributed by atoms with van der Waals surface area (Å²) in [5.41, 5.74) is 6.94. The molecule has 27 heavy (non-hydrogen) atoms. The fourth-order valence-corrected chi connectivity index (χ4v) is 2.80. The maximum Gasteiger partial charge on any atom is 0.248 e. The maximum absolute atomic E-state index is 12.2. The Labute approximate surface area is 157 Å². The van der Waals surface area contributed by atoms with Crippen molar-refractivity contribution in [3.8, 4) is 5.75 Å². The third-order valence-corrected chi connectivity index (χ3v) is 4.18. The standard InChI is InChI=1S/C20H23N3O4/c21-20(25)14-4-1-5-15(10-14)22-12-19(24)23-16-6-2-7-17(11-16)27-13-18-8-3-9-26-18/h1-2,4-7,10-11,18,22H,3,8-9,12-13H2,(H2,21,25)(H,23,24). The molecule has 1 unspecified atom stereocenters. The molecule has 2 aromatic rings. The van der Waals surface area contributed by atoms with Gasteiger partial charge in [-0.2, -0.15) is 0 Å². The molecule has 1 aliphatic heterocycles. The molecule has 4 N–H and O–H groups in total. The number of hydrogen-bond acceptors (Lipinski definition) is 5. The van der Waals surface area contributed by atoms with Crippen LogP contribution in [0.25, 0.3) is 0 Å². The first kappa shape index (κ1) is 18.7. The predicted octanol–water partition coefficient (Wildman–Crippen LogP) is 2.39. The van der Waals surface area contributed by atoms with Crippen molar-refractivity contribution in [2.75, 3.05) is 30.4 Å². The summed E-state index contributed by atoms with van der Waals surface area (Å²) in [4.78, 5) is 23.4. The van der Waals surface area contributed by atoms with Gasteiger partial charge in [0, 0.05) is 29.6 Å². The van der Waals surface area contributed by atoms with Crippen molar-refractivity contribution < 1.29 is 19.1 Å². The second kappa shape index (κ2) is 9.05. The van der Waals surface area contributed by atoms with Gasteiger partial charge in [0.25, 0.3) is 0 Å². The molecule has 1 saturated heterocycles. The molecule has 0 radical (unpaired) electrons. The smallest absolute Gasteiger partial charge is 0.248 e. The Hall–Kier alpha value is -3.06. The van der Waals surface area contributed by atoms with Crippen LogP contribution in [0.1, 0.15) is 23.2 Å². The van der Waals surface area contributed by atoms with E-state index in [0.29, 0.717) is 29.3 Å². The lowest BCUT2D eigenvalue weighted by Gasteiger charge is -2.13. The van der Waals surface area contributed by atoms with Crippen LogP contribution >= 0.6 is 0 Å². The molecule has 1 fully saturated rings. The van der Waals surface area contributed by atoms with Crippen molar-refractivity contribution in [3.63, 3.8) is 0 Å². The highest BCUT2D eigenvalue weighted by Gasteiger charge is 2.16. The zero-order valence-corrected chi connectivity index (χ0v) is 14.9. The van der Waals surface area contributed by atoms with E-state index in [9.17, 15) is 9.59 Å². The third-order valence-electron chi connectivity index (χ3n) is 4.18. The molecule has 1 heterocycles. The Kier molecular flexibility index (Phi) is 6.27. The summed E-state index contributed by atoms with van der Waals surface area (Å²) in [6.45, 7) is 1.36. The number of primary amides is 1. The van der Waals surface area contributed by atoms with Gasteiger partial charge in [-0.1, -0.05) is 12.1 Å². The van der Waals surface area contributed by atoms with Gasteiger partial charge in [0.15, 0.2) is 0 Å². The van der Waals surface area contributed by atoms with Gasteiger partial charge in [-0.15, -0.1) is 0 Å². The number of hydrogen-bond donors (Lipinski definition) is 3. The van der Waals surface area contributed by atoms with E-state index in [1.54, 1.807) is 36.4 Å². The lowest BCUT2D eigenvalue weighted by atomic mass is 10.2. The Morgan fingerprint density at radius 3 is 2.74 bits per heavy atom. The summed E-state index contributed by atoms with van der Waals surface area (Å²) in [5.74, 6) is -0.0379. The number of rotatable bonds is 8. The van der Waals surface area contributed by atoms with Gasteiger partial charge in [-0.3, -0.25) is 9.59 Å². The molecule has 142 valence electrons. The first-order valence-corrected chi connectivity index (χ1v) is 8.88. The summed E-state index contributed by atoms with van der Waals surface area (Å²) < 4.78 is 11.3. The average molecular weight is 369 g/mol. The van der Waals surface area contributed by atoms with Gasteiger partial charge in [0.1, 0.15) is 12.4 Å². The second-order valence-electron chi connectivity index (χ2n) is 6.32. The second-order valence-corrected chi connectivity index (χ2v) is 6.32. The molecule has 7 heteroatoms. The fourth-order valence-electron chi connectivity index (χ4n) is 2.80. The van der Waals surface area contributed by atoms with Crippen molar-refractivity contribution in [2.45, 2.75) is 18.9 Å². The molecule has 0 aliphatic carbocycles. The van der Waals surface area contributed by atoms with Crippen molar-refractivity contribution in [1.29, 1.82) is 0 Å². The third kappa shape index (κ3) is 5.72. The van der Waals surface area contributed by atoms with Crippen molar-refractivity contribution >= 4 is 23.2 Å². The van der Waals surface area contributed by atoms with E-state index >= 15 is 0 Å². The van der Waals surface area contributed by atoms with E-state index in [1.165, 1.54) is 0 Å². The van der Waals surface area contributed by atoms with Gasteiger partial charge in [0.2, 0.25) is 11.8 Å². The van der Waals surface area contributed by atoms with Crippen LogP contribution in [-0.2, 0) is 9.53 Å². The molecule has 2 aromatic carbocycles. The molecule has 0 saturated carbocycles. The number of anilines is 2. The molecule has 1 aliphatic rings. The van der Waals surface area contributed by atoms with E-state index in [1.807, 2.05) is 12.1 Å². The summed E-state index contributed by atoms with van der Waals surface area (Å²) in [6, 6.07) is 13.9. The number of nitrogens with one attached hydrogen (secondary N) is 2. The molecule has 0 bridgehead atoms. The Morgan fingerprint density at radius 2 is 1.96 bits per heavy atom. The minimum absolute atomic E-state index is 0.0587. The largest absolute Gasteiger partial charge is 0.491 e. The van der Waals surface area contributed by atoms with Crippen LogP contribution in [0.3, 0.4) is 0 Å². The molecular formula is C20H23N3O4. The Morgan fingerprint density at radius 1 is 1.15 bits per heavy atom. The topological polar surface area (TPSA) is 103 Å². The Bertz CT molecular complexity index is 803. The van der Waals surface area contributed by atoms with Gasteiger partial charge in [-0.05, 0) is 43.2 Å². The molecule has 2 amide bonds. The molecular weight excluding hydrogens is 346 g/mol. The van der Waals surface area contributed by atoms with Crippen molar-refractivity contribution in [2.24, 2.45) is 5.73 Å². The summed E-state index contributed by atoms with van der Waals surface area (Å²) in [6.07, 6.45) is 2.22. The number of benzene rings is 2. The highest BCUT2D eigenvalue weighted by Crippen LogP contribution is 2.19. The first-order chi connectivity index (χ1) is 13.1. The van der Waals surface area contributed by atoms with Crippen LogP contribution in [0.2, 0.25) is 0 Å². The van der Waals surface area contributed by atoms with E-state index < -0.39 is 5.91 Å². The molecule has 0 aromatic heterocycles. The van der Waals surface area contributed by atoms with Crippen molar-refractivity contribution in [3.05, 3.63) is 54.1 Å².